The van der Waals surface area contributed by atoms with Gasteiger partial charge in [-0.25, -0.2) is 0 Å². The van der Waals surface area contributed by atoms with Gasteiger partial charge in [-0.3, -0.25) is 29.4 Å². The Balaban J connectivity index is 1.47. The minimum absolute atomic E-state index is 0.0708. The summed E-state index contributed by atoms with van der Waals surface area (Å²) < 4.78 is 1.10. The number of carbonyl (C=O) groups is 3. The minimum Gasteiger partial charge on any atom is -0.326 e. The number of nitrogens with zero attached hydrogens (tertiary/aromatic N) is 2. The van der Waals surface area contributed by atoms with Gasteiger partial charge in [0.1, 0.15) is 5.56 Å². The molecule has 0 radical (unpaired) electrons. The maximum absolute atomic E-state index is 12.5. The van der Waals surface area contributed by atoms with Gasteiger partial charge in [-0.05, 0) is 72.2 Å². The third kappa shape index (κ3) is 4.66. The topological polar surface area (TPSA) is 110 Å². The van der Waals surface area contributed by atoms with E-state index in [9.17, 15) is 24.5 Å². The highest BCUT2D eigenvalue weighted by Crippen LogP contribution is 2.30. The molecule has 0 aromatic heterocycles. The molecule has 30 heavy (non-hydrogen) atoms. The third-order valence-corrected chi connectivity index (χ3v) is 5.59. The van der Waals surface area contributed by atoms with Gasteiger partial charge in [0, 0.05) is 28.3 Å². The Bertz CT molecular complexity index is 1040. The molecule has 3 amide bonds. The number of rotatable bonds is 8. The molecule has 0 fully saturated rings. The number of hydrogen-bond acceptors (Lipinski definition) is 5. The van der Waals surface area contributed by atoms with Crippen LogP contribution >= 0.6 is 22.6 Å². The molecule has 1 aliphatic heterocycles. The molecule has 2 aromatic rings. The van der Waals surface area contributed by atoms with Gasteiger partial charge in [0.05, 0.1) is 10.5 Å². The van der Waals surface area contributed by atoms with Crippen LogP contribution in [0.1, 0.15) is 52.0 Å². The number of unbranched alkanes of at least 4 members (excludes halogenated alkanes) is 2. The number of halogens is 1. The first-order valence-corrected chi connectivity index (χ1v) is 10.6. The van der Waals surface area contributed by atoms with E-state index in [4.69, 9.17) is 0 Å². The Morgan fingerprint density at radius 3 is 2.60 bits per heavy atom. The van der Waals surface area contributed by atoms with Crippen molar-refractivity contribution >= 4 is 51.7 Å². The summed E-state index contributed by atoms with van der Waals surface area (Å²) in [6, 6.07) is 9.84. The zero-order chi connectivity index (χ0) is 21.8. The van der Waals surface area contributed by atoms with Crippen LogP contribution in [0.4, 0.5) is 11.4 Å². The quantitative estimate of drug-likeness (QED) is 0.183. The average Bonchev–Trinajstić information content (AvgIpc) is 2.94. The number of carbonyl (C=O) groups excluding carboxylic acids is 3. The summed E-state index contributed by atoms with van der Waals surface area (Å²) in [5.41, 5.74) is 1.36. The zero-order valence-corrected chi connectivity index (χ0v) is 18.5. The molecule has 0 unspecified atom stereocenters. The van der Waals surface area contributed by atoms with E-state index in [2.05, 4.69) is 27.9 Å². The van der Waals surface area contributed by atoms with Gasteiger partial charge >= 0.3 is 0 Å². The number of hydrogen-bond donors (Lipinski definition) is 1. The molecule has 2 aromatic carbocycles. The molecular formula is C21H20IN3O5. The number of anilines is 1. The van der Waals surface area contributed by atoms with Crippen LogP contribution < -0.4 is 5.32 Å². The van der Waals surface area contributed by atoms with E-state index >= 15 is 0 Å². The number of fused-ring (bicyclic) bond motifs is 1. The Morgan fingerprint density at radius 1 is 1.13 bits per heavy atom. The normalized spacial score (nSPS) is 12.8. The molecule has 0 bridgehead atoms. The van der Waals surface area contributed by atoms with Gasteiger partial charge in [0.15, 0.2) is 0 Å². The summed E-state index contributed by atoms with van der Waals surface area (Å²) in [7, 11) is 0. The van der Waals surface area contributed by atoms with Crippen LogP contribution in [0.5, 0.6) is 0 Å². The number of imide groups is 1. The fourth-order valence-electron chi connectivity index (χ4n) is 3.38. The number of aryl methyl sites for hydroxylation is 1. The Morgan fingerprint density at radius 2 is 1.90 bits per heavy atom. The van der Waals surface area contributed by atoms with E-state index in [0.29, 0.717) is 25.7 Å². The summed E-state index contributed by atoms with van der Waals surface area (Å²) in [5, 5.41) is 14.0. The Kier molecular flexibility index (Phi) is 6.80. The monoisotopic (exact) mass is 521 g/mol. The van der Waals surface area contributed by atoms with E-state index in [-0.39, 0.29) is 29.3 Å². The number of amides is 3. The molecule has 0 saturated heterocycles. The highest BCUT2D eigenvalue weighted by atomic mass is 127. The largest absolute Gasteiger partial charge is 0.326 e. The van der Waals surface area contributed by atoms with Crippen LogP contribution in [0.2, 0.25) is 0 Å². The average molecular weight is 521 g/mol. The van der Waals surface area contributed by atoms with Crippen LogP contribution in [0, 0.1) is 20.6 Å². The molecule has 3 rings (SSSR count). The zero-order valence-electron chi connectivity index (χ0n) is 16.3. The standard InChI is InChI=1S/C21H20IN3O5/c1-13-12-14(22)9-10-16(13)23-18(26)8-3-2-4-11-24-20(27)15-6-5-7-17(25(29)30)19(15)21(24)28/h5-7,9-10,12H,2-4,8,11H2,1H3,(H,23,26). The van der Waals surface area contributed by atoms with Gasteiger partial charge in [-0.2, -0.15) is 0 Å². The van der Waals surface area contributed by atoms with Crippen molar-refractivity contribution in [2.45, 2.75) is 32.6 Å². The molecular weight excluding hydrogens is 501 g/mol. The summed E-state index contributed by atoms with van der Waals surface area (Å²) in [6.07, 6.45) is 2.11. The maximum Gasteiger partial charge on any atom is 0.282 e. The van der Waals surface area contributed by atoms with Crippen molar-refractivity contribution < 1.29 is 19.3 Å². The van der Waals surface area contributed by atoms with E-state index in [1.807, 2.05) is 25.1 Å². The molecule has 0 saturated carbocycles. The van der Waals surface area contributed by atoms with E-state index in [1.54, 1.807) is 0 Å². The van der Waals surface area contributed by atoms with Crippen molar-refractivity contribution in [2.24, 2.45) is 0 Å². The second kappa shape index (κ2) is 9.33. The SMILES string of the molecule is Cc1cc(I)ccc1NC(=O)CCCCCN1C(=O)c2cccc([N+](=O)[O-])c2C1=O. The highest BCUT2D eigenvalue weighted by Gasteiger charge is 2.40. The molecule has 1 aliphatic rings. The smallest absolute Gasteiger partial charge is 0.282 e. The first-order chi connectivity index (χ1) is 14.3. The van der Waals surface area contributed by atoms with E-state index < -0.39 is 16.7 Å². The van der Waals surface area contributed by atoms with Crippen molar-refractivity contribution in [1.29, 1.82) is 0 Å². The lowest BCUT2D eigenvalue weighted by Gasteiger charge is -2.13. The number of benzene rings is 2. The summed E-state index contributed by atoms with van der Waals surface area (Å²) in [4.78, 5) is 48.6. The van der Waals surface area contributed by atoms with Crippen LogP contribution in [0.3, 0.4) is 0 Å². The van der Waals surface area contributed by atoms with Crippen LogP contribution in [-0.2, 0) is 4.79 Å². The first-order valence-electron chi connectivity index (χ1n) is 9.49. The van der Waals surface area contributed by atoms with Crippen LogP contribution in [-0.4, -0.2) is 34.1 Å². The van der Waals surface area contributed by atoms with Gasteiger partial charge < -0.3 is 5.32 Å². The summed E-state index contributed by atoms with van der Waals surface area (Å²) in [6.45, 7) is 2.10. The predicted molar refractivity (Wildman–Crippen MR) is 119 cm³/mol. The lowest BCUT2D eigenvalue weighted by molar-refractivity contribution is -0.385. The van der Waals surface area contributed by atoms with Gasteiger partial charge in [-0.1, -0.05) is 12.5 Å². The van der Waals surface area contributed by atoms with Crippen molar-refractivity contribution in [3.63, 3.8) is 0 Å². The number of nitro groups is 1. The van der Waals surface area contributed by atoms with Gasteiger partial charge in [0.2, 0.25) is 5.91 Å². The third-order valence-electron chi connectivity index (χ3n) is 4.92. The molecule has 0 spiro atoms. The second-order valence-corrected chi connectivity index (χ2v) is 8.28. The molecule has 9 heteroatoms. The molecule has 1 N–H and O–H groups in total. The number of nitrogens with one attached hydrogen (secondary N) is 1. The number of nitro benzene ring substituents is 1. The summed E-state index contributed by atoms with van der Waals surface area (Å²) >= 11 is 2.21. The van der Waals surface area contributed by atoms with Crippen molar-refractivity contribution in [1.82, 2.24) is 4.90 Å². The molecule has 0 aliphatic carbocycles. The fraction of sp³-hybridized carbons (Fsp3) is 0.286. The Labute approximate surface area is 186 Å². The molecule has 156 valence electrons. The molecule has 0 atom stereocenters. The van der Waals surface area contributed by atoms with Gasteiger partial charge in [-0.15, -0.1) is 0 Å². The van der Waals surface area contributed by atoms with E-state index in [1.165, 1.54) is 18.2 Å². The van der Waals surface area contributed by atoms with Crippen LogP contribution in [0.15, 0.2) is 36.4 Å². The van der Waals surface area contributed by atoms with Crippen molar-refractivity contribution in [2.75, 3.05) is 11.9 Å². The predicted octanol–water partition coefficient (Wildman–Crippen LogP) is 4.30. The fourth-order valence-corrected chi connectivity index (χ4v) is 4.03. The second-order valence-electron chi connectivity index (χ2n) is 7.04. The summed E-state index contributed by atoms with van der Waals surface area (Å²) in [5.74, 6) is -1.23. The lowest BCUT2D eigenvalue weighted by atomic mass is 10.1. The van der Waals surface area contributed by atoms with Crippen molar-refractivity contribution in [3.05, 3.63) is 66.8 Å². The van der Waals surface area contributed by atoms with E-state index in [0.717, 1.165) is 19.7 Å². The minimum atomic E-state index is -0.651. The van der Waals surface area contributed by atoms with Crippen molar-refractivity contribution in [3.8, 4) is 0 Å². The van der Waals surface area contributed by atoms with Crippen LogP contribution in [0.25, 0.3) is 0 Å². The molecule has 8 nitrogen and oxygen atoms in total. The molecule has 1 heterocycles. The lowest BCUT2D eigenvalue weighted by Crippen LogP contribution is -2.30. The van der Waals surface area contributed by atoms with Gasteiger partial charge in [0.25, 0.3) is 17.5 Å². The maximum atomic E-state index is 12.5. The Hall–Kier alpha value is -2.82. The highest BCUT2D eigenvalue weighted by molar-refractivity contribution is 14.1. The first kappa shape index (κ1) is 21.9.